The van der Waals surface area contributed by atoms with Gasteiger partial charge in [-0.1, -0.05) is 0 Å². The monoisotopic (exact) mass is 388 g/mol. The summed E-state index contributed by atoms with van der Waals surface area (Å²) in [6, 6.07) is 8.10. The molecule has 2 aromatic rings. The Morgan fingerprint density at radius 3 is 2.71 bits per heavy atom. The lowest BCUT2D eigenvalue weighted by atomic mass is 9.83. The molecule has 0 aliphatic carbocycles. The molecule has 1 unspecified atom stereocenters. The molecule has 2 aromatic carbocycles. The molecular weight excluding hydrogens is 364 g/mol. The van der Waals surface area contributed by atoms with Crippen LogP contribution in [0.5, 0.6) is 23.0 Å². The second-order valence-electron chi connectivity index (χ2n) is 7.93. The predicted octanol–water partition coefficient (Wildman–Crippen LogP) is 1.79. The van der Waals surface area contributed by atoms with Gasteiger partial charge in [0.2, 0.25) is 0 Å². The minimum absolute atomic E-state index is 0.0407. The Hall–Kier alpha value is -2.48. The first-order valence-electron chi connectivity index (χ1n) is 9.10. The summed E-state index contributed by atoms with van der Waals surface area (Å²) in [5.41, 5.74) is -1.01. The summed E-state index contributed by atoms with van der Waals surface area (Å²) in [6.07, 6.45) is -1.70. The summed E-state index contributed by atoms with van der Waals surface area (Å²) in [5, 5.41) is 41.7. The number of hydrogen-bond donors (Lipinski definition) is 4. The molecule has 7 nitrogen and oxygen atoms in total. The van der Waals surface area contributed by atoms with Crippen molar-refractivity contribution in [1.82, 2.24) is 0 Å². The second kappa shape index (κ2) is 6.27. The smallest absolute Gasteiger partial charge is 0.168 e. The number of aliphatic hydroxyl groups excluding tert-OH is 1. The average Bonchev–Trinajstić information content (AvgIpc) is 2.94. The van der Waals surface area contributed by atoms with Gasteiger partial charge in [0, 0.05) is 29.2 Å². The van der Waals surface area contributed by atoms with E-state index < -0.39 is 23.4 Å². The number of fused-ring (bicyclic) bond motifs is 5. The Labute approximate surface area is 162 Å². The normalized spacial score (nSPS) is 23.7. The van der Waals surface area contributed by atoms with Crippen LogP contribution in [0.4, 0.5) is 0 Å². The Morgan fingerprint density at radius 1 is 1.29 bits per heavy atom. The standard InChI is InChI=1S/C21H24O7/c1-20(2,24)17(23)9-13-15(26-3)7-6-14-18(13)28-19-12-5-4-11(22)8-16(12)27-10-21(14,19)25/h4-8,17,19,22-25H,9-10H2,1-3H3/t17?,19-,21+/m0/s1. The van der Waals surface area contributed by atoms with Gasteiger partial charge in [-0.15, -0.1) is 0 Å². The molecule has 4 N–H and O–H groups in total. The topological polar surface area (TPSA) is 109 Å². The lowest BCUT2D eigenvalue weighted by Crippen LogP contribution is -2.41. The number of rotatable bonds is 4. The molecule has 0 bridgehead atoms. The molecule has 0 aromatic heterocycles. The number of aliphatic hydroxyl groups is 3. The Bertz CT molecular complexity index is 918. The highest BCUT2D eigenvalue weighted by atomic mass is 16.5. The fourth-order valence-corrected chi connectivity index (χ4v) is 3.80. The van der Waals surface area contributed by atoms with Gasteiger partial charge in [-0.3, -0.25) is 0 Å². The van der Waals surface area contributed by atoms with Gasteiger partial charge in [-0.2, -0.15) is 0 Å². The lowest BCUT2D eigenvalue weighted by molar-refractivity contribution is -0.0866. The summed E-state index contributed by atoms with van der Waals surface area (Å²) in [6.45, 7) is 3.01. The number of ether oxygens (including phenoxy) is 3. The van der Waals surface area contributed by atoms with E-state index in [1.54, 1.807) is 18.2 Å². The molecule has 0 amide bonds. The molecule has 2 aliphatic rings. The van der Waals surface area contributed by atoms with Crippen molar-refractivity contribution in [2.24, 2.45) is 0 Å². The molecule has 2 aliphatic heterocycles. The van der Waals surface area contributed by atoms with Gasteiger partial charge in [0.05, 0.1) is 18.8 Å². The van der Waals surface area contributed by atoms with Crippen molar-refractivity contribution < 1.29 is 34.6 Å². The summed E-state index contributed by atoms with van der Waals surface area (Å²) in [7, 11) is 1.51. The predicted molar refractivity (Wildman–Crippen MR) is 99.9 cm³/mol. The zero-order valence-corrected chi connectivity index (χ0v) is 16.0. The summed E-state index contributed by atoms with van der Waals surface area (Å²) in [5.74, 6) is 1.43. The van der Waals surface area contributed by atoms with Crippen LogP contribution in [-0.2, 0) is 12.0 Å². The third-order valence-corrected chi connectivity index (χ3v) is 5.51. The zero-order valence-electron chi connectivity index (χ0n) is 16.0. The molecule has 2 heterocycles. The van der Waals surface area contributed by atoms with Gasteiger partial charge in [0.1, 0.15) is 29.6 Å². The van der Waals surface area contributed by atoms with Crippen LogP contribution in [0.1, 0.15) is 36.6 Å². The highest BCUT2D eigenvalue weighted by Crippen LogP contribution is 2.56. The highest BCUT2D eigenvalue weighted by molar-refractivity contribution is 5.58. The van der Waals surface area contributed by atoms with Crippen molar-refractivity contribution in [3.8, 4) is 23.0 Å². The number of aromatic hydroxyl groups is 1. The zero-order chi connectivity index (χ0) is 20.3. The van der Waals surface area contributed by atoms with E-state index in [4.69, 9.17) is 14.2 Å². The van der Waals surface area contributed by atoms with Gasteiger partial charge >= 0.3 is 0 Å². The average molecular weight is 388 g/mol. The maximum Gasteiger partial charge on any atom is 0.168 e. The Morgan fingerprint density at radius 2 is 2.04 bits per heavy atom. The minimum atomic E-state index is -1.42. The third kappa shape index (κ3) is 2.78. The van der Waals surface area contributed by atoms with Crippen LogP contribution < -0.4 is 14.2 Å². The van der Waals surface area contributed by atoms with E-state index in [0.717, 1.165) is 0 Å². The molecule has 150 valence electrons. The van der Waals surface area contributed by atoms with E-state index in [1.165, 1.54) is 33.1 Å². The van der Waals surface area contributed by atoms with Crippen LogP contribution in [0.3, 0.4) is 0 Å². The number of hydrogen-bond acceptors (Lipinski definition) is 7. The van der Waals surface area contributed by atoms with E-state index in [0.29, 0.717) is 33.9 Å². The molecular formula is C21H24O7. The molecule has 7 heteroatoms. The van der Waals surface area contributed by atoms with Crippen molar-refractivity contribution >= 4 is 0 Å². The van der Waals surface area contributed by atoms with Crippen molar-refractivity contribution in [3.05, 3.63) is 47.0 Å². The first kappa shape index (κ1) is 18.9. The third-order valence-electron chi connectivity index (χ3n) is 5.51. The van der Waals surface area contributed by atoms with Crippen LogP contribution >= 0.6 is 0 Å². The summed E-state index contributed by atoms with van der Waals surface area (Å²) in [4.78, 5) is 0. The SMILES string of the molecule is COc1ccc2c(c1CC(O)C(C)(C)O)O[C@H]1c3ccc(O)cc3OC[C@@]21O. The van der Waals surface area contributed by atoms with Crippen molar-refractivity contribution in [3.63, 3.8) is 0 Å². The van der Waals surface area contributed by atoms with Gasteiger partial charge in [0.25, 0.3) is 0 Å². The van der Waals surface area contributed by atoms with E-state index in [2.05, 4.69) is 0 Å². The Kier molecular flexibility index (Phi) is 4.22. The van der Waals surface area contributed by atoms with Crippen molar-refractivity contribution in [1.29, 1.82) is 0 Å². The lowest BCUT2D eigenvalue weighted by Gasteiger charge is -2.34. The van der Waals surface area contributed by atoms with Gasteiger partial charge in [0.15, 0.2) is 11.7 Å². The molecule has 3 atom stereocenters. The summed E-state index contributed by atoms with van der Waals surface area (Å²) < 4.78 is 17.3. The van der Waals surface area contributed by atoms with Gasteiger partial charge in [-0.05, 0) is 38.1 Å². The highest BCUT2D eigenvalue weighted by Gasteiger charge is 2.54. The number of phenols is 1. The Balaban J connectivity index is 1.81. The minimum Gasteiger partial charge on any atom is -0.508 e. The van der Waals surface area contributed by atoms with Crippen LogP contribution in [0.25, 0.3) is 0 Å². The van der Waals surface area contributed by atoms with E-state index in [1.807, 2.05) is 0 Å². The van der Waals surface area contributed by atoms with Crippen molar-refractivity contribution in [2.75, 3.05) is 13.7 Å². The first-order valence-corrected chi connectivity index (χ1v) is 9.10. The fraction of sp³-hybridized carbons (Fsp3) is 0.429. The molecule has 4 rings (SSSR count). The number of benzene rings is 2. The second-order valence-corrected chi connectivity index (χ2v) is 7.93. The van der Waals surface area contributed by atoms with Gasteiger partial charge < -0.3 is 34.6 Å². The maximum absolute atomic E-state index is 11.4. The largest absolute Gasteiger partial charge is 0.508 e. The quantitative estimate of drug-likeness (QED) is 0.632. The van der Waals surface area contributed by atoms with Crippen molar-refractivity contribution in [2.45, 2.75) is 43.7 Å². The maximum atomic E-state index is 11.4. The summed E-state index contributed by atoms with van der Waals surface area (Å²) >= 11 is 0. The van der Waals surface area contributed by atoms with Crippen LogP contribution in [-0.4, -0.2) is 45.8 Å². The molecule has 0 saturated heterocycles. The van der Waals surface area contributed by atoms with E-state index >= 15 is 0 Å². The fourth-order valence-electron chi connectivity index (χ4n) is 3.80. The van der Waals surface area contributed by atoms with E-state index in [9.17, 15) is 20.4 Å². The van der Waals surface area contributed by atoms with Gasteiger partial charge in [-0.25, -0.2) is 0 Å². The van der Waals surface area contributed by atoms with Crippen LogP contribution in [0.2, 0.25) is 0 Å². The van der Waals surface area contributed by atoms with E-state index in [-0.39, 0.29) is 18.8 Å². The molecule has 0 saturated carbocycles. The number of phenolic OH excluding ortho intramolecular Hbond substituents is 1. The molecule has 0 radical (unpaired) electrons. The van der Waals surface area contributed by atoms with Crippen LogP contribution in [0.15, 0.2) is 30.3 Å². The molecule has 0 spiro atoms. The first-order chi connectivity index (χ1) is 13.1. The van der Waals surface area contributed by atoms with Crippen LogP contribution in [0, 0.1) is 0 Å². The molecule has 0 fully saturated rings. The molecule has 28 heavy (non-hydrogen) atoms. The number of methoxy groups -OCH3 is 1.